The number of hydrogen-bond acceptors (Lipinski definition) is 5. The Hall–Kier alpha value is -1.40. The van der Waals surface area contributed by atoms with Gasteiger partial charge in [-0.3, -0.25) is 9.69 Å². The first-order valence-corrected chi connectivity index (χ1v) is 5.84. The number of nitrogens with one attached hydrogen (secondary N) is 1. The molecule has 3 N–H and O–H groups in total. The predicted octanol–water partition coefficient (Wildman–Crippen LogP) is 0.345. The zero-order valence-electron chi connectivity index (χ0n) is 9.98. The molecule has 1 amide bonds. The van der Waals surface area contributed by atoms with Crippen LogP contribution in [0.2, 0.25) is 0 Å². The van der Waals surface area contributed by atoms with Crippen molar-refractivity contribution < 1.29 is 9.32 Å². The smallest absolute Gasteiger partial charge is 0.239 e. The highest BCUT2D eigenvalue weighted by Crippen LogP contribution is 2.09. The molecule has 0 unspecified atom stereocenters. The maximum Gasteiger partial charge on any atom is 0.239 e. The van der Waals surface area contributed by atoms with Gasteiger partial charge in [0.05, 0.1) is 6.54 Å². The minimum Gasteiger partial charge on any atom is -0.360 e. The predicted molar refractivity (Wildman–Crippen MR) is 63.5 cm³/mol. The lowest BCUT2D eigenvalue weighted by atomic mass is 10.1. The number of nitrogens with zero attached hydrogens (tertiary/aromatic N) is 2. The summed E-state index contributed by atoms with van der Waals surface area (Å²) in [5, 5.41) is 6.42. The van der Waals surface area contributed by atoms with Crippen molar-refractivity contribution in [3.05, 3.63) is 11.8 Å². The molecular formula is C11H18N4O2. The molecule has 0 atom stereocenters. The van der Waals surface area contributed by atoms with Crippen molar-refractivity contribution in [1.82, 2.24) is 10.1 Å². The molecule has 0 radical (unpaired) electrons. The van der Waals surface area contributed by atoms with Crippen molar-refractivity contribution in [2.75, 3.05) is 25.0 Å². The first-order valence-electron chi connectivity index (χ1n) is 5.84. The summed E-state index contributed by atoms with van der Waals surface area (Å²) in [5.74, 6) is 1.10. The molecule has 0 saturated carbocycles. The first-order chi connectivity index (χ1) is 8.13. The van der Waals surface area contributed by atoms with Gasteiger partial charge in [-0.25, -0.2) is 0 Å². The normalized spacial score (nSPS) is 18.2. The third kappa shape index (κ3) is 3.54. The molecule has 1 aromatic rings. The molecule has 0 aromatic carbocycles. The Labute approximate surface area is 100 Å². The van der Waals surface area contributed by atoms with Crippen LogP contribution in [0.15, 0.2) is 10.6 Å². The van der Waals surface area contributed by atoms with Crippen LogP contribution < -0.4 is 11.1 Å². The quantitative estimate of drug-likeness (QED) is 0.793. The van der Waals surface area contributed by atoms with Gasteiger partial charge in [-0.15, -0.1) is 0 Å². The second kappa shape index (κ2) is 5.29. The number of aromatic nitrogens is 1. The minimum atomic E-state index is -0.0613. The zero-order valence-corrected chi connectivity index (χ0v) is 9.98. The molecule has 1 saturated heterocycles. The Morgan fingerprint density at radius 3 is 2.94 bits per heavy atom. The number of rotatable bonds is 3. The van der Waals surface area contributed by atoms with Gasteiger partial charge >= 0.3 is 0 Å². The SMILES string of the molecule is Cc1cc(NC(=O)CN2CCC(N)CC2)no1. The van der Waals surface area contributed by atoms with Crippen LogP contribution in [0.3, 0.4) is 0 Å². The number of amides is 1. The molecule has 94 valence electrons. The maximum absolute atomic E-state index is 11.7. The first kappa shape index (κ1) is 12.1. The fourth-order valence-corrected chi connectivity index (χ4v) is 1.92. The van der Waals surface area contributed by atoms with E-state index in [4.69, 9.17) is 10.3 Å². The summed E-state index contributed by atoms with van der Waals surface area (Å²) in [6.07, 6.45) is 1.91. The molecule has 0 bridgehead atoms. The van der Waals surface area contributed by atoms with Crippen molar-refractivity contribution in [3.63, 3.8) is 0 Å². The summed E-state index contributed by atoms with van der Waals surface area (Å²) < 4.78 is 4.87. The highest BCUT2D eigenvalue weighted by atomic mass is 16.5. The van der Waals surface area contributed by atoms with Crippen LogP contribution in [0.4, 0.5) is 5.82 Å². The van der Waals surface area contributed by atoms with Gasteiger partial charge in [0, 0.05) is 25.2 Å². The van der Waals surface area contributed by atoms with Gasteiger partial charge in [0.2, 0.25) is 5.91 Å². The molecule has 17 heavy (non-hydrogen) atoms. The number of carbonyl (C=O) groups is 1. The second-order valence-corrected chi connectivity index (χ2v) is 4.48. The largest absolute Gasteiger partial charge is 0.360 e. The number of hydrogen-bond donors (Lipinski definition) is 2. The van der Waals surface area contributed by atoms with Crippen LogP contribution in [0.5, 0.6) is 0 Å². The summed E-state index contributed by atoms with van der Waals surface area (Å²) in [6.45, 7) is 3.94. The fourth-order valence-electron chi connectivity index (χ4n) is 1.92. The molecule has 6 nitrogen and oxygen atoms in total. The second-order valence-electron chi connectivity index (χ2n) is 4.48. The highest BCUT2D eigenvalue weighted by Gasteiger charge is 2.18. The van der Waals surface area contributed by atoms with Gasteiger partial charge in [0.25, 0.3) is 0 Å². The molecule has 1 aliphatic heterocycles. The molecule has 1 fully saturated rings. The molecule has 2 heterocycles. The number of aryl methyl sites for hydroxylation is 1. The van der Waals surface area contributed by atoms with E-state index in [-0.39, 0.29) is 11.9 Å². The molecule has 2 rings (SSSR count). The Bertz CT molecular complexity index is 383. The Morgan fingerprint density at radius 1 is 1.65 bits per heavy atom. The number of nitrogens with two attached hydrogens (primary N) is 1. The van der Waals surface area contributed by atoms with Crippen molar-refractivity contribution in [3.8, 4) is 0 Å². The van der Waals surface area contributed by atoms with E-state index >= 15 is 0 Å². The Balaban J connectivity index is 1.77. The lowest BCUT2D eigenvalue weighted by Gasteiger charge is -2.29. The van der Waals surface area contributed by atoms with Gasteiger partial charge in [-0.1, -0.05) is 5.16 Å². The van der Waals surface area contributed by atoms with Gasteiger partial charge in [0.15, 0.2) is 5.82 Å². The molecule has 1 aromatic heterocycles. The van der Waals surface area contributed by atoms with E-state index in [0.29, 0.717) is 18.1 Å². The Morgan fingerprint density at radius 2 is 2.35 bits per heavy atom. The van der Waals surface area contributed by atoms with E-state index in [1.54, 1.807) is 13.0 Å². The average Bonchev–Trinajstić information content (AvgIpc) is 2.67. The molecule has 1 aliphatic rings. The fraction of sp³-hybridized carbons (Fsp3) is 0.636. The monoisotopic (exact) mass is 238 g/mol. The van der Waals surface area contributed by atoms with E-state index in [9.17, 15) is 4.79 Å². The standard InChI is InChI=1S/C11H18N4O2/c1-8-6-10(14-17-8)13-11(16)7-15-4-2-9(12)3-5-15/h6,9H,2-5,7,12H2,1H3,(H,13,14,16). The maximum atomic E-state index is 11.7. The van der Waals surface area contributed by atoms with Crippen molar-refractivity contribution in [2.24, 2.45) is 5.73 Å². The Kier molecular flexibility index (Phi) is 3.75. The number of likely N-dealkylation sites (tertiary alicyclic amines) is 1. The van der Waals surface area contributed by atoms with Gasteiger partial charge in [0.1, 0.15) is 5.76 Å². The number of carbonyl (C=O) groups excluding carboxylic acids is 1. The summed E-state index contributed by atoms with van der Waals surface area (Å²) in [7, 11) is 0. The molecule has 0 spiro atoms. The van der Waals surface area contributed by atoms with Crippen LogP contribution in [0.25, 0.3) is 0 Å². The van der Waals surface area contributed by atoms with Crippen LogP contribution in [0.1, 0.15) is 18.6 Å². The third-order valence-electron chi connectivity index (χ3n) is 2.89. The summed E-state index contributed by atoms with van der Waals surface area (Å²) >= 11 is 0. The topological polar surface area (TPSA) is 84.4 Å². The average molecular weight is 238 g/mol. The summed E-state index contributed by atoms with van der Waals surface area (Å²) in [5.41, 5.74) is 5.80. The minimum absolute atomic E-state index is 0.0613. The van der Waals surface area contributed by atoms with Gasteiger partial charge in [-0.05, 0) is 19.8 Å². The summed E-state index contributed by atoms with van der Waals surface area (Å²) in [6, 6.07) is 1.98. The molecular weight excluding hydrogens is 220 g/mol. The van der Waals surface area contributed by atoms with E-state index < -0.39 is 0 Å². The lowest BCUT2D eigenvalue weighted by molar-refractivity contribution is -0.117. The molecule has 6 heteroatoms. The number of piperidine rings is 1. The zero-order chi connectivity index (χ0) is 12.3. The highest BCUT2D eigenvalue weighted by molar-refractivity contribution is 5.91. The van der Waals surface area contributed by atoms with Crippen LogP contribution in [-0.2, 0) is 4.79 Å². The van der Waals surface area contributed by atoms with E-state index in [0.717, 1.165) is 25.9 Å². The van der Waals surface area contributed by atoms with Crippen LogP contribution >= 0.6 is 0 Å². The lowest BCUT2D eigenvalue weighted by Crippen LogP contribution is -2.43. The van der Waals surface area contributed by atoms with Crippen molar-refractivity contribution in [1.29, 1.82) is 0 Å². The van der Waals surface area contributed by atoms with E-state index in [1.807, 2.05) is 0 Å². The third-order valence-corrected chi connectivity index (χ3v) is 2.89. The van der Waals surface area contributed by atoms with Gasteiger partial charge in [-0.2, -0.15) is 0 Å². The summed E-state index contributed by atoms with van der Waals surface area (Å²) in [4.78, 5) is 13.8. The van der Waals surface area contributed by atoms with Gasteiger partial charge < -0.3 is 15.6 Å². The van der Waals surface area contributed by atoms with Crippen molar-refractivity contribution >= 4 is 11.7 Å². The van der Waals surface area contributed by atoms with E-state index in [2.05, 4.69) is 15.4 Å². The van der Waals surface area contributed by atoms with E-state index in [1.165, 1.54) is 0 Å². The van der Waals surface area contributed by atoms with Crippen LogP contribution in [0, 0.1) is 6.92 Å². The number of anilines is 1. The van der Waals surface area contributed by atoms with Crippen LogP contribution in [-0.4, -0.2) is 41.6 Å². The van der Waals surface area contributed by atoms with Crippen molar-refractivity contribution in [2.45, 2.75) is 25.8 Å². The molecule has 0 aliphatic carbocycles.